The van der Waals surface area contributed by atoms with Gasteiger partial charge in [0.2, 0.25) is 0 Å². The van der Waals surface area contributed by atoms with Gasteiger partial charge in [0.25, 0.3) is 0 Å². The number of esters is 1. The quantitative estimate of drug-likeness (QED) is 0.655. The zero-order chi connectivity index (χ0) is 10.8. The van der Waals surface area contributed by atoms with Crippen LogP contribution in [0.25, 0.3) is 0 Å². The maximum Gasteiger partial charge on any atom is 0.316 e. The van der Waals surface area contributed by atoms with Crippen molar-refractivity contribution in [1.82, 2.24) is 0 Å². The minimum absolute atomic E-state index is 0.0903. The van der Waals surface area contributed by atoms with Gasteiger partial charge in [-0.3, -0.25) is 4.79 Å². The van der Waals surface area contributed by atoms with Crippen LogP contribution in [0.4, 0.5) is 0 Å². The summed E-state index contributed by atoms with van der Waals surface area (Å²) in [6.45, 7) is 8.96. The molecule has 0 aromatic carbocycles. The first-order valence-corrected chi connectivity index (χ1v) is 5.24. The maximum absolute atomic E-state index is 11.8. The SMILES string of the molecule is CC(C)CC1(C(C)C)COCOC1=O. The average molecular weight is 200 g/mol. The first-order chi connectivity index (χ1) is 6.49. The molecule has 1 rings (SSSR count). The number of carbonyl (C=O) groups is 1. The third-order valence-electron chi connectivity index (χ3n) is 2.92. The lowest BCUT2D eigenvalue weighted by atomic mass is 9.72. The van der Waals surface area contributed by atoms with Gasteiger partial charge in [0.05, 0.1) is 12.0 Å². The predicted molar refractivity (Wildman–Crippen MR) is 53.6 cm³/mol. The van der Waals surface area contributed by atoms with Crippen LogP contribution in [0.1, 0.15) is 34.1 Å². The van der Waals surface area contributed by atoms with Crippen molar-refractivity contribution in [2.45, 2.75) is 34.1 Å². The van der Waals surface area contributed by atoms with Gasteiger partial charge in [-0.15, -0.1) is 0 Å². The van der Waals surface area contributed by atoms with E-state index in [4.69, 9.17) is 9.47 Å². The van der Waals surface area contributed by atoms with E-state index in [1.165, 1.54) is 0 Å². The fourth-order valence-electron chi connectivity index (χ4n) is 2.03. The van der Waals surface area contributed by atoms with Crippen LogP contribution in [0.2, 0.25) is 0 Å². The Labute approximate surface area is 85.8 Å². The molecule has 1 fully saturated rings. The Morgan fingerprint density at radius 3 is 2.43 bits per heavy atom. The summed E-state index contributed by atoms with van der Waals surface area (Å²) >= 11 is 0. The third-order valence-corrected chi connectivity index (χ3v) is 2.92. The highest BCUT2D eigenvalue weighted by molar-refractivity contribution is 5.77. The van der Waals surface area contributed by atoms with Crippen molar-refractivity contribution in [3.05, 3.63) is 0 Å². The van der Waals surface area contributed by atoms with Gasteiger partial charge in [-0.05, 0) is 18.3 Å². The smallest absolute Gasteiger partial charge is 0.316 e. The molecule has 0 saturated carbocycles. The minimum atomic E-state index is -0.424. The molecule has 0 amide bonds. The Morgan fingerprint density at radius 2 is 2.00 bits per heavy atom. The Hall–Kier alpha value is -0.570. The van der Waals surface area contributed by atoms with E-state index in [9.17, 15) is 4.79 Å². The molecule has 0 bridgehead atoms. The average Bonchev–Trinajstić information content (AvgIpc) is 2.08. The lowest BCUT2D eigenvalue weighted by Gasteiger charge is -2.39. The second-order valence-corrected chi connectivity index (χ2v) is 4.81. The fraction of sp³-hybridized carbons (Fsp3) is 0.909. The highest BCUT2D eigenvalue weighted by atomic mass is 16.7. The van der Waals surface area contributed by atoms with E-state index in [0.29, 0.717) is 12.5 Å². The molecular weight excluding hydrogens is 180 g/mol. The lowest BCUT2D eigenvalue weighted by molar-refractivity contribution is -0.202. The number of cyclic esters (lactones) is 1. The largest absolute Gasteiger partial charge is 0.438 e. The summed E-state index contributed by atoms with van der Waals surface area (Å²) in [5, 5.41) is 0. The van der Waals surface area contributed by atoms with Gasteiger partial charge >= 0.3 is 5.97 Å². The number of hydrogen-bond acceptors (Lipinski definition) is 3. The van der Waals surface area contributed by atoms with E-state index >= 15 is 0 Å². The Morgan fingerprint density at radius 1 is 1.36 bits per heavy atom. The van der Waals surface area contributed by atoms with Crippen molar-refractivity contribution in [2.24, 2.45) is 17.3 Å². The van der Waals surface area contributed by atoms with Crippen molar-refractivity contribution in [1.29, 1.82) is 0 Å². The van der Waals surface area contributed by atoms with E-state index in [1.54, 1.807) is 0 Å². The molecule has 1 saturated heterocycles. The number of hydrogen-bond donors (Lipinski definition) is 0. The van der Waals surface area contributed by atoms with Crippen LogP contribution in [0.3, 0.4) is 0 Å². The number of carbonyl (C=O) groups excluding carboxylic acids is 1. The summed E-state index contributed by atoms with van der Waals surface area (Å²) in [7, 11) is 0. The van der Waals surface area contributed by atoms with Crippen LogP contribution in [0.15, 0.2) is 0 Å². The molecule has 0 radical (unpaired) electrons. The number of ether oxygens (including phenoxy) is 2. The van der Waals surface area contributed by atoms with Crippen LogP contribution in [0.5, 0.6) is 0 Å². The highest BCUT2D eigenvalue weighted by Crippen LogP contribution is 2.38. The highest BCUT2D eigenvalue weighted by Gasteiger charge is 2.45. The van der Waals surface area contributed by atoms with Crippen LogP contribution in [0, 0.1) is 17.3 Å². The summed E-state index contributed by atoms with van der Waals surface area (Å²) < 4.78 is 10.3. The minimum Gasteiger partial charge on any atom is -0.438 e. The van der Waals surface area contributed by atoms with Gasteiger partial charge in [0, 0.05) is 0 Å². The molecule has 0 aromatic heterocycles. The summed E-state index contributed by atoms with van der Waals surface area (Å²) in [6, 6.07) is 0. The van der Waals surface area contributed by atoms with Crippen LogP contribution < -0.4 is 0 Å². The van der Waals surface area contributed by atoms with Crippen molar-refractivity contribution in [3.63, 3.8) is 0 Å². The molecule has 1 aliphatic heterocycles. The molecular formula is C11H20O3. The monoisotopic (exact) mass is 200 g/mol. The summed E-state index contributed by atoms with van der Waals surface area (Å²) in [5.41, 5.74) is -0.424. The molecule has 1 atom stereocenters. The van der Waals surface area contributed by atoms with Crippen molar-refractivity contribution in [3.8, 4) is 0 Å². The van der Waals surface area contributed by atoms with E-state index in [1.807, 2.05) is 0 Å². The Bertz CT molecular complexity index is 211. The van der Waals surface area contributed by atoms with E-state index < -0.39 is 5.41 Å². The van der Waals surface area contributed by atoms with E-state index in [0.717, 1.165) is 6.42 Å². The van der Waals surface area contributed by atoms with Crippen molar-refractivity contribution in [2.75, 3.05) is 13.4 Å². The molecule has 3 nitrogen and oxygen atoms in total. The van der Waals surface area contributed by atoms with Crippen molar-refractivity contribution >= 4 is 5.97 Å². The second kappa shape index (κ2) is 4.30. The zero-order valence-corrected chi connectivity index (χ0v) is 9.50. The third kappa shape index (κ3) is 2.08. The zero-order valence-electron chi connectivity index (χ0n) is 9.50. The molecule has 1 unspecified atom stereocenters. The van der Waals surface area contributed by atoms with Crippen molar-refractivity contribution < 1.29 is 14.3 Å². The maximum atomic E-state index is 11.8. The fourth-order valence-corrected chi connectivity index (χ4v) is 2.03. The Balaban J connectivity index is 2.83. The van der Waals surface area contributed by atoms with Gasteiger partial charge in [0.15, 0.2) is 6.79 Å². The molecule has 1 heterocycles. The molecule has 1 aliphatic rings. The van der Waals surface area contributed by atoms with Gasteiger partial charge in [-0.25, -0.2) is 0 Å². The first-order valence-electron chi connectivity index (χ1n) is 5.24. The van der Waals surface area contributed by atoms with Gasteiger partial charge in [0.1, 0.15) is 0 Å². The standard InChI is InChI=1S/C11H20O3/c1-8(2)5-11(9(3)4)6-13-7-14-10(11)12/h8-9H,5-7H2,1-4H3. The van der Waals surface area contributed by atoms with Crippen LogP contribution >= 0.6 is 0 Å². The van der Waals surface area contributed by atoms with Gasteiger partial charge < -0.3 is 9.47 Å². The summed E-state index contributed by atoms with van der Waals surface area (Å²) in [5.74, 6) is 0.650. The lowest BCUT2D eigenvalue weighted by Crippen LogP contribution is -2.47. The molecule has 14 heavy (non-hydrogen) atoms. The number of rotatable bonds is 3. The molecule has 82 valence electrons. The Kier molecular flexibility index (Phi) is 3.53. The van der Waals surface area contributed by atoms with Gasteiger partial charge in [-0.2, -0.15) is 0 Å². The van der Waals surface area contributed by atoms with E-state index in [2.05, 4.69) is 27.7 Å². The van der Waals surface area contributed by atoms with E-state index in [-0.39, 0.29) is 18.7 Å². The molecule has 3 heteroatoms. The second-order valence-electron chi connectivity index (χ2n) is 4.81. The molecule has 0 N–H and O–H groups in total. The molecule has 0 aliphatic carbocycles. The first kappa shape index (κ1) is 11.5. The predicted octanol–water partition coefficient (Wildman–Crippen LogP) is 2.21. The van der Waals surface area contributed by atoms with Crippen LogP contribution in [-0.4, -0.2) is 19.4 Å². The van der Waals surface area contributed by atoms with Crippen LogP contribution in [-0.2, 0) is 14.3 Å². The molecule has 0 aromatic rings. The topological polar surface area (TPSA) is 35.5 Å². The normalized spacial score (nSPS) is 28.3. The molecule has 0 spiro atoms. The summed E-state index contributed by atoms with van der Waals surface area (Å²) in [6.07, 6.45) is 0.837. The summed E-state index contributed by atoms with van der Waals surface area (Å²) in [4.78, 5) is 11.8. The van der Waals surface area contributed by atoms with Gasteiger partial charge in [-0.1, -0.05) is 27.7 Å².